The Bertz CT molecular complexity index is 548. The molecular formula is C16H23N3O3. The van der Waals surface area contributed by atoms with Crippen LogP contribution in [0.15, 0.2) is 23.1 Å². The number of hydrogen-bond acceptors (Lipinski definition) is 4. The van der Waals surface area contributed by atoms with Crippen LogP contribution in [-0.2, 0) is 16.1 Å². The van der Waals surface area contributed by atoms with Gasteiger partial charge >= 0.3 is 0 Å². The third-order valence-corrected chi connectivity index (χ3v) is 4.57. The molecule has 1 aromatic rings. The zero-order chi connectivity index (χ0) is 15.4. The van der Waals surface area contributed by atoms with E-state index in [1.165, 1.54) is 25.3 Å². The summed E-state index contributed by atoms with van der Waals surface area (Å²) in [6, 6.07) is 2.99. The van der Waals surface area contributed by atoms with Crippen molar-refractivity contribution in [3.63, 3.8) is 0 Å². The molecule has 3 rings (SSSR count). The first-order valence-electron chi connectivity index (χ1n) is 7.99. The molecule has 2 aliphatic rings. The summed E-state index contributed by atoms with van der Waals surface area (Å²) < 4.78 is 5.48. The highest BCUT2D eigenvalue weighted by atomic mass is 16.5. The van der Waals surface area contributed by atoms with E-state index in [1.54, 1.807) is 12.3 Å². The van der Waals surface area contributed by atoms with Crippen LogP contribution in [0.2, 0.25) is 0 Å². The molecule has 1 amide bonds. The average molecular weight is 305 g/mol. The Labute approximate surface area is 129 Å². The quantitative estimate of drug-likeness (QED) is 0.830. The minimum absolute atomic E-state index is 0.00484. The molecule has 1 aliphatic carbocycles. The van der Waals surface area contributed by atoms with Crippen molar-refractivity contribution >= 4 is 5.91 Å². The van der Waals surface area contributed by atoms with Gasteiger partial charge in [0.25, 0.3) is 0 Å². The summed E-state index contributed by atoms with van der Waals surface area (Å²) in [7, 11) is 0. The number of nitrogens with one attached hydrogen (secondary N) is 2. The molecule has 1 aromatic heterocycles. The van der Waals surface area contributed by atoms with Crippen molar-refractivity contribution in [2.45, 2.75) is 31.8 Å². The molecule has 1 saturated heterocycles. The molecular weight excluding hydrogens is 282 g/mol. The molecule has 0 spiro atoms. The first-order valence-corrected chi connectivity index (χ1v) is 7.99. The Hall–Kier alpha value is -1.66. The molecule has 0 radical (unpaired) electrons. The maximum Gasteiger partial charge on any atom is 0.247 e. The molecule has 1 saturated carbocycles. The van der Waals surface area contributed by atoms with Crippen LogP contribution in [-0.4, -0.2) is 48.1 Å². The maximum absolute atomic E-state index is 12.4. The second kappa shape index (κ2) is 7.07. The van der Waals surface area contributed by atoms with E-state index < -0.39 is 0 Å². The van der Waals surface area contributed by atoms with Crippen LogP contribution in [0.25, 0.3) is 0 Å². The first-order chi connectivity index (χ1) is 10.7. The van der Waals surface area contributed by atoms with E-state index in [-0.39, 0.29) is 17.5 Å². The smallest absolute Gasteiger partial charge is 0.247 e. The van der Waals surface area contributed by atoms with Gasteiger partial charge in [0.1, 0.15) is 6.04 Å². The molecule has 1 aliphatic heterocycles. The largest absolute Gasteiger partial charge is 0.378 e. The van der Waals surface area contributed by atoms with Crippen LogP contribution in [0.4, 0.5) is 0 Å². The molecule has 22 heavy (non-hydrogen) atoms. The Balaban J connectivity index is 1.54. The van der Waals surface area contributed by atoms with Crippen molar-refractivity contribution in [2.75, 3.05) is 26.3 Å². The Morgan fingerprint density at radius 3 is 2.95 bits per heavy atom. The van der Waals surface area contributed by atoms with E-state index in [1.807, 2.05) is 0 Å². The Morgan fingerprint density at radius 2 is 2.27 bits per heavy atom. The van der Waals surface area contributed by atoms with Gasteiger partial charge in [-0.05, 0) is 24.3 Å². The lowest BCUT2D eigenvalue weighted by Crippen LogP contribution is -2.55. The van der Waals surface area contributed by atoms with Gasteiger partial charge in [-0.3, -0.25) is 14.5 Å². The van der Waals surface area contributed by atoms with Gasteiger partial charge in [0.15, 0.2) is 0 Å². The van der Waals surface area contributed by atoms with E-state index in [2.05, 4.69) is 15.2 Å². The summed E-state index contributed by atoms with van der Waals surface area (Å²) >= 11 is 0. The zero-order valence-corrected chi connectivity index (χ0v) is 12.7. The monoisotopic (exact) mass is 305 g/mol. The molecule has 0 unspecified atom stereocenters. The number of carbonyl (C=O) groups excluding carboxylic acids is 1. The second-order valence-electron chi connectivity index (χ2n) is 6.16. The number of amides is 1. The van der Waals surface area contributed by atoms with Gasteiger partial charge in [0, 0.05) is 31.9 Å². The van der Waals surface area contributed by atoms with Crippen LogP contribution in [0.5, 0.6) is 0 Å². The standard InChI is InChI=1S/C16H23N3O3/c20-15-5-4-13(8-17-15)9-18-16(21)14-11-22-7-6-19(14)10-12-2-1-3-12/h4-5,8,12,14H,1-3,6-7,9-11H2,(H,17,20)(H,18,21)/t14-/m0/s1. The Morgan fingerprint density at radius 1 is 1.41 bits per heavy atom. The van der Waals surface area contributed by atoms with E-state index in [0.717, 1.165) is 24.6 Å². The lowest BCUT2D eigenvalue weighted by molar-refractivity contribution is -0.133. The number of carbonyl (C=O) groups is 1. The normalized spacial score (nSPS) is 23.0. The predicted molar refractivity (Wildman–Crippen MR) is 82.4 cm³/mol. The number of pyridine rings is 1. The van der Waals surface area contributed by atoms with Gasteiger partial charge in [-0.1, -0.05) is 12.5 Å². The van der Waals surface area contributed by atoms with Gasteiger partial charge in [-0.25, -0.2) is 0 Å². The molecule has 0 aromatic carbocycles. The van der Waals surface area contributed by atoms with Crippen LogP contribution in [0.1, 0.15) is 24.8 Å². The highest BCUT2D eigenvalue weighted by Crippen LogP contribution is 2.28. The van der Waals surface area contributed by atoms with Crippen molar-refractivity contribution in [3.8, 4) is 0 Å². The molecule has 2 fully saturated rings. The number of H-pyrrole nitrogens is 1. The maximum atomic E-state index is 12.4. The van der Waals surface area contributed by atoms with Crippen molar-refractivity contribution in [1.29, 1.82) is 0 Å². The molecule has 0 bridgehead atoms. The molecule has 6 heteroatoms. The SMILES string of the molecule is O=C(NCc1ccc(=O)[nH]c1)[C@@H]1COCCN1CC1CCC1. The third-order valence-electron chi connectivity index (χ3n) is 4.57. The van der Waals surface area contributed by atoms with E-state index in [4.69, 9.17) is 4.74 Å². The minimum atomic E-state index is -0.197. The molecule has 120 valence electrons. The van der Waals surface area contributed by atoms with E-state index in [0.29, 0.717) is 19.8 Å². The fraction of sp³-hybridized carbons (Fsp3) is 0.625. The number of aromatic amines is 1. The summed E-state index contributed by atoms with van der Waals surface area (Å²) in [6.45, 7) is 3.41. The van der Waals surface area contributed by atoms with Gasteiger partial charge in [0.2, 0.25) is 11.5 Å². The van der Waals surface area contributed by atoms with E-state index >= 15 is 0 Å². The molecule has 2 N–H and O–H groups in total. The highest BCUT2D eigenvalue weighted by molar-refractivity contribution is 5.82. The molecule has 1 atom stereocenters. The average Bonchev–Trinajstić information content (AvgIpc) is 2.50. The van der Waals surface area contributed by atoms with Crippen molar-refractivity contribution in [3.05, 3.63) is 34.2 Å². The number of aromatic nitrogens is 1. The summed E-state index contributed by atoms with van der Waals surface area (Å²) in [6.07, 6.45) is 5.51. The van der Waals surface area contributed by atoms with Crippen LogP contribution < -0.4 is 10.9 Å². The number of hydrogen-bond donors (Lipinski definition) is 2. The van der Waals surface area contributed by atoms with Crippen molar-refractivity contribution in [2.24, 2.45) is 5.92 Å². The lowest BCUT2D eigenvalue weighted by Gasteiger charge is -2.39. The van der Waals surface area contributed by atoms with Crippen molar-refractivity contribution in [1.82, 2.24) is 15.2 Å². The first kappa shape index (κ1) is 15.2. The molecule has 6 nitrogen and oxygen atoms in total. The fourth-order valence-corrected chi connectivity index (χ4v) is 2.96. The third kappa shape index (κ3) is 3.75. The number of morpholine rings is 1. The summed E-state index contributed by atoms with van der Waals surface area (Å²) in [5, 5.41) is 2.94. The predicted octanol–water partition coefficient (Wildman–Crippen LogP) is 0.492. The van der Waals surface area contributed by atoms with Crippen molar-refractivity contribution < 1.29 is 9.53 Å². The fourth-order valence-electron chi connectivity index (χ4n) is 2.96. The molecule has 2 heterocycles. The number of rotatable bonds is 5. The zero-order valence-electron chi connectivity index (χ0n) is 12.7. The Kier molecular flexibility index (Phi) is 4.90. The number of nitrogens with zero attached hydrogens (tertiary/aromatic N) is 1. The topological polar surface area (TPSA) is 74.4 Å². The summed E-state index contributed by atoms with van der Waals surface area (Å²) in [4.78, 5) is 28.3. The van der Waals surface area contributed by atoms with E-state index in [9.17, 15) is 9.59 Å². The minimum Gasteiger partial charge on any atom is -0.378 e. The van der Waals surface area contributed by atoms with Crippen LogP contribution in [0, 0.1) is 5.92 Å². The van der Waals surface area contributed by atoms with Gasteiger partial charge in [-0.2, -0.15) is 0 Å². The van der Waals surface area contributed by atoms with Gasteiger partial charge < -0.3 is 15.0 Å². The number of ether oxygens (including phenoxy) is 1. The highest BCUT2D eigenvalue weighted by Gasteiger charge is 2.32. The van der Waals surface area contributed by atoms with Gasteiger partial charge in [-0.15, -0.1) is 0 Å². The summed E-state index contributed by atoms with van der Waals surface area (Å²) in [5.41, 5.74) is 0.748. The van der Waals surface area contributed by atoms with Crippen LogP contribution in [0.3, 0.4) is 0 Å². The van der Waals surface area contributed by atoms with Gasteiger partial charge in [0.05, 0.1) is 13.2 Å². The van der Waals surface area contributed by atoms with Crippen LogP contribution >= 0.6 is 0 Å². The second-order valence-corrected chi connectivity index (χ2v) is 6.16. The lowest BCUT2D eigenvalue weighted by atomic mass is 9.84. The summed E-state index contributed by atoms with van der Waals surface area (Å²) in [5.74, 6) is 0.748.